The lowest BCUT2D eigenvalue weighted by molar-refractivity contribution is 0.186. The van der Waals surface area contributed by atoms with E-state index in [0.29, 0.717) is 5.92 Å². The molecule has 1 saturated carbocycles. The van der Waals surface area contributed by atoms with Gasteiger partial charge < -0.3 is 9.84 Å². The number of rotatable bonds is 4. The summed E-state index contributed by atoms with van der Waals surface area (Å²) in [5.74, 6) is 1.51. The van der Waals surface area contributed by atoms with Gasteiger partial charge in [-0.15, -0.1) is 0 Å². The molecule has 1 N–H and O–H groups in total. The molecule has 0 spiro atoms. The van der Waals surface area contributed by atoms with Gasteiger partial charge in [0.2, 0.25) is 0 Å². The minimum absolute atomic E-state index is 0.494. The second kappa shape index (κ2) is 5.87. The lowest BCUT2D eigenvalue weighted by atomic mass is 10.1. The lowest BCUT2D eigenvalue weighted by Crippen LogP contribution is -2.09. The van der Waals surface area contributed by atoms with E-state index in [4.69, 9.17) is 4.74 Å². The van der Waals surface area contributed by atoms with Crippen LogP contribution in [0.2, 0.25) is 0 Å². The Labute approximate surface area is 111 Å². The van der Waals surface area contributed by atoms with Crippen LogP contribution in [0.25, 0.3) is 0 Å². The average molecular weight is 299 g/mol. The van der Waals surface area contributed by atoms with Gasteiger partial charge in [0, 0.05) is 10.0 Å². The van der Waals surface area contributed by atoms with Gasteiger partial charge in [-0.3, -0.25) is 0 Å². The molecule has 2 nitrogen and oxygen atoms in total. The summed E-state index contributed by atoms with van der Waals surface area (Å²) in [6.07, 6.45) is 4.72. The van der Waals surface area contributed by atoms with Gasteiger partial charge in [-0.2, -0.15) is 0 Å². The number of aliphatic hydroxyl groups is 1. The van der Waals surface area contributed by atoms with Crippen molar-refractivity contribution in [3.8, 4) is 5.75 Å². The second-order valence-corrected chi connectivity index (χ2v) is 5.74. The first kappa shape index (κ1) is 12.9. The fourth-order valence-electron chi connectivity index (χ4n) is 2.36. The summed E-state index contributed by atoms with van der Waals surface area (Å²) in [6.45, 7) is 2.55. The number of aliphatic hydroxyl groups excluding tert-OH is 1. The van der Waals surface area contributed by atoms with Crippen molar-refractivity contribution in [1.82, 2.24) is 0 Å². The van der Waals surface area contributed by atoms with Crippen LogP contribution in [0, 0.1) is 5.92 Å². The molecule has 1 aliphatic rings. The standard InChI is InChI=1S/C14H19BrO2/c1-10(16)13-8-12(15)6-7-14(13)17-9-11-4-2-3-5-11/h6-8,10-11,16H,2-5,9H2,1H3/t10-/m0/s1. The molecule has 1 aromatic carbocycles. The smallest absolute Gasteiger partial charge is 0.125 e. The Hall–Kier alpha value is -0.540. The van der Waals surface area contributed by atoms with E-state index in [1.54, 1.807) is 6.92 Å². The van der Waals surface area contributed by atoms with E-state index in [0.717, 1.165) is 22.4 Å². The summed E-state index contributed by atoms with van der Waals surface area (Å²) in [5.41, 5.74) is 0.859. The van der Waals surface area contributed by atoms with Crippen LogP contribution in [-0.4, -0.2) is 11.7 Å². The molecular formula is C14H19BrO2. The van der Waals surface area contributed by atoms with Crippen LogP contribution >= 0.6 is 15.9 Å². The molecule has 3 heteroatoms. The van der Waals surface area contributed by atoms with Gasteiger partial charge in [-0.1, -0.05) is 28.8 Å². The summed E-state index contributed by atoms with van der Waals surface area (Å²) in [5, 5.41) is 9.72. The summed E-state index contributed by atoms with van der Waals surface area (Å²) >= 11 is 3.42. The van der Waals surface area contributed by atoms with Crippen LogP contribution in [0.5, 0.6) is 5.75 Å². The van der Waals surface area contributed by atoms with Crippen LogP contribution in [0.1, 0.15) is 44.3 Å². The van der Waals surface area contributed by atoms with Crippen molar-refractivity contribution >= 4 is 15.9 Å². The lowest BCUT2D eigenvalue weighted by Gasteiger charge is -2.16. The molecule has 1 aliphatic carbocycles. The van der Waals surface area contributed by atoms with E-state index in [-0.39, 0.29) is 0 Å². The molecule has 1 fully saturated rings. The quantitative estimate of drug-likeness (QED) is 0.908. The average Bonchev–Trinajstić information content (AvgIpc) is 2.80. The molecule has 0 heterocycles. The third-order valence-corrected chi connectivity index (χ3v) is 3.86. The Morgan fingerprint density at radius 1 is 1.41 bits per heavy atom. The Morgan fingerprint density at radius 3 is 2.76 bits per heavy atom. The molecule has 1 aromatic rings. The third kappa shape index (κ3) is 3.46. The van der Waals surface area contributed by atoms with Crippen molar-refractivity contribution in [3.63, 3.8) is 0 Å². The topological polar surface area (TPSA) is 29.5 Å². The van der Waals surface area contributed by atoms with Crippen molar-refractivity contribution in [1.29, 1.82) is 0 Å². The number of ether oxygens (including phenoxy) is 1. The molecule has 1 atom stereocenters. The fraction of sp³-hybridized carbons (Fsp3) is 0.571. The van der Waals surface area contributed by atoms with E-state index >= 15 is 0 Å². The molecule has 94 valence electrons. The van der Waals surface area contributed by atoms with E-state index in [1.165, 1.54) is 25.7 Å². The predicted octanol–water partition coefficient (Wildman–Crippen LogP) is 4.07. The molecule has 0 aromatic heterocycles. The summed E-state index contributed by atoms with van der Waals surface area (Å²) in [6, 6.07) is 5.81. The van der Waals surface area contributed by atoms with Gasteiger partial charge in [-0.25, -0.2) is 0 Å². The molecule has 0 amide bonds. The minimum Gasteiger partial charge on any atom is -0.493 e. The highest BCUT2D eigenvalue weighted by molar-refractivity contribution is 9.10. The highest BCUT2D eigenvalue weighted by Crippen LogP contribution is 2.30. The first-order valence-corrected chi connectivity index (χ1v) is 7.06. The molecule has 0 bridgehead atoms. The van der Waals surface area contributed by atoms with Gasteiger partial charge >= 0.3 is 0 Å². The SMILES string of the molecule is C[C@H](O)c1cc(Br)ccc1OCC1CCCC1. The molecule has 2 rings (SSSR count). The summed E-state index contributed by atoms with van der Waals surface area (Å²) in [7, 11) is 0. The van der Waals surface area contributed by atoms with Gasteiger partial charge in [0.1, 0.15) is 5.75 Å². The first-order chi connectivity index (χ1) is 8.16. The Balaban J connectivity index is 2.03. The highest BCUT2D eigenvalue weighted by atomic mass is 79.9. The summed E-state index contributed by atoms with van der Waals surface area (Å²) in [4.78, 5) is 0. The largest absolute Gasteiger partial charge is 0.493 e. The van der Waals surface area contributed by atoms with Crippen LogP contribution in [-0.2, 0) is 0 Å². The van der Waals surface area contributed by atoms with Crippen LogP contribution in [0.3, 0.4) is 0 Å². The van der Waals surface area contributed by atoms with Crippen molar-refractivity contribution < 1.29 is 9.84 Å². The Bertz CT molecular complexity index is 370. The number of hydrogen-bond donors (Lipinski definition) is 1. The van der Waals surface area contributed by atoms with Gasteiger partial charge in [-0.05, 0) is 43.9 Å². The monoisotopic (exact) mass is 298 g/mol. The third-order valence-electron chi connectivity index (χ3n) is 3.37. The maximum absolute atomic E-state index is 9.72. The maximum atomic E-state index is 9.72. The Kier molecular flexibility index (Phi) is 4.46. The highest BCUT2D eigenvalue weighted by Gasteiger charge is 2.17. The van der Waals surface area contributed by atoms with E-state index in [9.17, 15) is 5.11 Å². The van der Waals surface area contributed by atoms with Gasteiger partial charge in [0.05, 0.1) is 12.7 Å². The first-order valence-electron chi connectivity index (χ1n) is 6.27. The molecule has 0 aliphatic heterocycles. The minimum atomic E-state index is -0.494. The molecule has 0 unspecified atom stereocenters. The second-order valence-electron chi connectivity index (χ2n) is 4.82. The van der Waals surface area contributed by atoms with Crippen LogP contribution in [0.4, 0.5) is 0 Å². The zero-order valence-corrected chi connectivity index (χ0v) is 11.7. The van der Waals surface area contributed by atoms with E-state index < -0.39 is 6.10 Å². The molecule has 0 saturated heterocycles. The Morgan fingerprint density at radius 2 is 2.12 bits per heavy atom. The van der Waals surface area contributed by atoms with Crippen LogP contribution < -0.4 is 4.74 Å². The molecule has 0 radical (unpaired) electrons. The van der Waals surface area contributed by atoms with Crippen molar-refractivity contribution in [2.24, 2.45) is 5.92 Å². The molecule has 17 heavy (non-hydrogen) atoms. The van der Waals surface area contributed by atoms with Crippen LogP contribution in [0.15, 0.2) is 22.7 Å². The van der Waals surface area contributed by atoms with Gasteiger partial charge in [0.25, 0.3) is 0 Å². The van der Waals surface area contributed by atoms with Gasteiger partial charge in [0.15, 0.2) is 0 Å². The number of benzene rings is 1. The molecular weight excluding hydrogens is 280 g/mol. The normalized spacial score (nSPS) is 18.3. The summed E-state index contributed by atoms with van der Waals surface area (Å²) < 4.78 is 6.83. The van der Waals surface area contributed by atoms with E-state index in [1.807, 2.05) is 18.2 Å². The predicted molar refractivity (Wildman–Crippen MR) is 72.2 cm³/mol. The van der Waals surface area contributed by atoms with Crippen molar-refractivity contribution in [2.45, 2.75) is 38.7 Å². The number of hydrogen-bond acceptors (Lipinski definition) is 2. The zero-order valence-electron chi connectivity index (χ0n) is 10.2. The van der Waals surface area contributed by atoms with Crippen molar-refractivity contribution in [2.75, 3.05) is 6.61 Å². The maximum Gasteiger partial charge on any atom is 0.125 e. The van der Waals surface area contributed by atoms with Crippen molar-refractivity contribution in [3.05, 3.63) is 28.2 Å². The van der Waals surface area contributed by atoms with E-state index in [2.05, 4.69) is 15.9 Å². The fourth-order valence-corrected chi connectivity index (χ4v) is 2.74. The zero-order chi connectivity index (χ0) is 12.3. The number of halogens is 1.